The molecule has 1 aromatic carbocycles. The maximum atomic E-state index is 10.8. The van der Waals surface area contributed by atoms with Crippen LogP contribution in [0.5, 0.6) is 0 Å². The highest BCUT2D eigenvalue weighted by atomic mass is 16.6. The number of nitro groups is 2. The summed E-state index contributed by atoms with van der Waals surface area (Å²) < 4.78 is 4.71. The zero-order valence-corrected chi connectivity index (χ0v) is 9.61. The number of hydrogen-bond acceptors (Lipinski definition) is 6. The smallest absolute Gasteiger partial charge is 0.279 e. The van der Waals surface area contributed by atoms with E-state index in [9.17, 15) is 25.3 Å². The van der Waals surface area contributed by atoms with Crippen LogP contribution in [-0.4, -0.2) is 34.8 Å². The van der Waals surface area contributed by atoms with Crippen molar-refractivity contribution < 1.29 is 19.7 Å². The Hall–Kier alpha value is -2.06. The molecule has 0 aliphatic carbocycles. The van der Waals surface area contributed by atoms with Crippen LogP contribution in [0.4, 0.5) is 11.4 Å². The standard InChI is InChI=1S/C10H12N2O6/c1-18-6-9(13)4-7-2-3-8(11(14)15)5-10(7)12(16)17/h2-3,5,9,13H,4,6H2,1H3. The van der Waals surface area contributed by atoms with Crippen molar-refractivity contribution in [3.8, 4) is 0 Å². The summed E-state index contributed by atoms with van der Waals surface area (Å²) in [5.41, 5.74) is -0.499. The normalized spacial score (nSPS) is 12.1. The Morgan fingerprint density at radius 1 is 1.33 bits per heavy atom. The van der Waals surface area contributed by atoms with Gasteiger partial charge >= 0.3 is 0 Å². The van der Waals surface area contributed by atoms with Gasteiger partial charge in [0.05, 0.1) is 28.6 Å². The maximum Gasteiger partial charge on any atom is 0.279 e. The van der Waals surface area contributed by atoms with E-state index in [0.717, 1.165) is 6.07 Å². The van der Waals surface area contributed by atoms with Crippen molar-refractivity contribution in [2.75, 3.05) is 13.7 Å². The van der Waals surface area contributed by atoms with E-state index in [1.165, 1.54) is 19.2 Å². The topological polar surface area (TPSA) is 116 Å². The van der Waals surface area contributed by atoms with Gasteiger partial charge in [0.15, 0.2) is 0 Å². The van der Waals surface area contributed by atoms with E-state index in [1.54, 1.807) is 0 Å². The van der Waals surface area contributed by atoms with Crippen LogP contribution in [0.2, 0.25) is 0 Å². The van der Waals surface area contributed by atoms with Crippen LogP contribution in [0.3, 0.4) is 0 Å². The Bertz CT molecular complexity index is 462. The first kappa shape index (κ1) is 14.0. The molecule has 0 bridgehead atoms. The van der Waals surface area contributed by atoms with Gasteiger partial charge in [0.1, 0.15) is 0 Å². The zero-order chi connectivity index (χ0) is 13.7. The molecule has 0 amide bonds. The van der Waals surface area contributed by atoms with Crippen LogP contribution in [0.25, 0.3) is 0 Å². The summed E-state index contributed by atoms with van der Waals surface area (Å²) in [5, 5.41) is 30.8. The molecular formula is C10H12N2O6. The van der Waals surface area contributed by atoms with Crippen molar-refractivity contribution in [2.45, 2.75) is 12.5 Å². The molecule has 0 spiro atoms. The lowest BCUT2D eigenvalue weighted by molar-refractivity contribution is -0.394. The van der Waals surface area contributed by atoms with Gasteiger partial charge in [-0.05, 0) is 6.07 Å². The number of benzene rings is 1. The van der Waals surface area contributed by atoms with E-state index >= 15 is 0 Å². The highest BCUT2D eigenvalue weighted by Gasteiger charge is 2.21. The second-order valence-electron chi connectivity index (χ2n) is 3.64. The fraction of sp³-hybridized carbons (Fsp3) is 0.400. The molecule has 1 atom stereocenters. The molecule has 1 N–H and O–H groups in total. The van der Waals surface area contributed by atoms with Crippen LogP contribution in [0, 0.1) is 20.2 Å². The van der Waals surface area contributed by atoms with Gasteiger partial charge in [0.25, 0.3) is 11.4 Å². The first-order chi connectivity index (χ1) is 8.45. The largest absolute Gasteiger partial charge is 0.390 e. The number of nitro benzene ring substituents is 2. The summed E-state index contributed by atoms with van der Waals surface area (Å²) >= 11 is 0. The number of hydrogen-bond donors (Lipinski definition) is 1. The predicted octanol–water partition coefficient (Wildman–Crippen LogP) is 1.05. The van der Waals surface area contributed by atoms with Gasteiger partial charge in [0.2, 0.25) is 0 Å². The molecule has 1 rings (SSSR count). The molecule has 0 saturated heterocycles. The lowest BCUT2D eigenvalue weighted by atomic mass is 10.1. The van der Waals surface area contributed by atoms with E-state index in [1.807, 2.05) is 0 Å². The van der Waals surface area contributed by atoms with Gasteiger partial charge in [-0.15, -0.1) is 0 Å². The number of ether oxygens (including phenoxy) is 1. The Morgan fingerprint density at radius 2 is 2.00 bits per heavy atom. The van der Waals surface area contributed by atoms with Gasteiger partial charge in [-0.1, -0.05) is 0 Å². The Kier molecular flexibility index (Phi) is 4.69. The van der Waals surface area contributed by atoms with Crippen LogP contribution in [-0.2, 0) is 11.2 Å². The molecule has 0 aliphatic rings. The summed E-state index contributed by atoms with van der Waals surface area (Å²) in [5.74, 6) is 0. The average molecular weight is 256 g/mol. The Balaban J connectivity index is 3.04. The second kappa shape index (κ2) is 6.03. The molecule has 0 aliphatic heterocycles. The molecule has 0 heterocycles. The van der Waals surface area contributed by atoms with E-state index in [4.69, 9.17) is 4.74 Å². The van der Waals surface area contributed by atoms with Crippen LogP contribution in [0.15, 0.2) is 18.2 Å². The first-order valence-electron chi connectivity index (χ1n) is 5.04. The lowest BCUT2D eigenvalue weighted by Crippen LogP contribution is -2.17. The minimum Gasteiger partial charge on any atom is -0.390 e. The van der Waals surface area contributed by atoms with Crippen molar-refractivity contribution in [2.24, 2.45) is 0 Å². The highest BCUT2D eigenvalue weighted by Crippen LogP contribution is 2.25. The third-order valence-corrected chi connectivity index (χ3v) is 2.29. The monoisotopic (exact) mass is 256 g/mol. The van der Waals surface area contributed by atoms with Gasteiger partial charge in [-0.3, -0.25) is 20.2 Å². The lowest BCUT2D eigenvalue weighted by Gasteiger charge is -2.09. The Labute approximate surface area is 102 Å². The van der Waals surface area contributed by atoms with Crippen molar-refractivity contribution in [1.82, 2.24) is 0 Å². The summed E-state index contributed by atoms with van der Waals surface area (Å²) in [4.78, 5) is 19.9. The van der Waals surface area contributed by atoms with Gasteiger partial charge in [0, 0.05) is 25.2 Å². The van der Waals surface area contributed by atoms with Crippen LogP contribution in [0.1, 0.15) is 5.56 Å². The molecule has 0 saturated carbocycles. The van der Waals surface area contributed by atoms with Crippen LogP contribution < -0.4 is 0 Å². The molecule has 0 fully saturated rings. The van der Waals surface area contributed by atoms with Crippen LogP contribution >= 0.6 is 0 Å². The minimum atomic E-state index is -0.893. The molecule has 8 heteroatoms. The van der Waals surface area contributed by atoms with Crippen molar-refractivity contribution in [1.29, 1.82) is 0 Å². The minimum absolute atomic E-state index is 0.00213. The summed E-state index contributed by atoms with van der Waals surface area (Å²) in [7, 11) is 1.40. The summed E-state index contributed by atoms with van der Waals surface area (Å²) in [6.45, 7) is 0.0359. The number of non-ortho nitro benzene ring substituents is 1. The van der Waals surface area contributed by atoms with Gasteiger partial charge < -0.3 is 9.84 Å². The van der Waals surface area contributed by atoms with Crippen molar-refractivity contribution in [3.63, 3.8) is 0 Å². The maximum absolute atomic E-state index is 10.8. The molecule has 1 unspecified atom stereocenters. The molecule has 98 valence electrons. The zero-order valence-electron chi connectivity index (χ0n) is 9.61. The highest BCUT2D eigenvalue weighted by molar-refractivity contribution is 5.49. The molecule has 1 aromatic rings. The van der Waals surface area contributed by atoms with E-state index in [0.29, 0.717) is 0 Å². The molecule has 0 radical (unpaired) electrons. The quantitative estimate of drug-likeness (QED) is 0.600. The predicted molar refractivity (Wildman–Crippen MR) is 61.3 cm³/mol. The van der Waals surface area contributed by atoms with Gasteiger partial charge in [-0.2, -0.15) is 0 Å². The summed E-state index contributed by atoms with van der Waals surface area (Å²) in [6.07, 6.45) is -0.891. The number of aliphatic hydroxyl groups is 1. The summed E-state index contributed by atoms with van der Waals surface area (Å²) in [6, 6.07) is 3.33. The number of rotatable bonds is 6. The fourth-order valence-corrected chi connectivity index (χ4v) is 1.51. The van der Waals surface area contributed by atoms with Crippen molar-refractivity contribution in [3.05, 3.63) is 44.0 Å². The molecule has 8 nitrogen and oxygen atoms in total. The first-order valence-corrected chi connectivity index (χ1v) is 5.04. The fourth-order valence-electron chi connectivity index (χ4n) is 1.51. The third-order valence-electron chi connectivity index (χ3n) is 2.29. The van der Waals surface area contributed by atoms with E-state index in [2.05, 4.69) is 0 Å². The average Bonchev–Trinajstić information content (AvgIpc) is 2.29. The number of methoxy groups -OCH3 is 1. The molecule has 0 aromatic heterocycles. The van der Waals surface area contributed by atoms with E-state index < -0.39 is 16.0 Å². The van der Waals surface area contributed by atoms with Crippen molar-refractivity contribution >= 4 is 11.4 Å². The Morgan fingerprint density at radius 3 is 2.50 bits per heavy atom. The number of aliphatic hydroxyl groups excluding tert-OH is 1. The van der Waals surface area contributed by atoms with E-state index in [-0.39, 0.29) is 30.0 Å². The number of nitrogens with zero attached hydrogens (tertiary/aromatic N) is 2. The SMILES string of the molecule is COCC(O)Cc1ccc([N+](=O)[O-])cc1[N+](=O)[O-]. The van der Waals surface area contributed by atoms with Gasteiger partial charge in [-0.25, -0.2) is 0 Å². The molecule has 18 heavy (non-hydrogen) atoms. The second-order valence-corrected chi connectivity index (χ2v) is 3.64. The molecular weight excluding hydrogens is 244 g/mol. The third kappa shape index (κ3) is 3.47.